The third-order valence-corrected chi connectivity index (χ3v) is 3.87. The van der Waals surface area contributed by atoms with Gasteiger partial charge in [-0.1, -0.05) is 6.92 Å². The highest BCUT2D eigenvalue weighted by atomic mass is 19.1. The van der Waals surface area contributed by atoms with Gasteiger partial charge in [0.1, 0.15) is 5.82 Å². The summed E-state index contributed by atoms with van der Waals surface area (Å²) in [5.74, 6) is -0.147. The van der Waals surface area contributed by atoms with Crippen molar-refractivity contribution in [1.29, 1.82) is 0 Å². The summed E-state index contributed by atoms with van der Waals surface area (Å²) in [7, 11) is 0. The van der Waals surface area contributed by atoms with E-state index in [1.165, 1.54) is 6.07 Å². The maximum atomic E-state index is 13.2. The Morgan fingerprint density at radius 3 is 2.94 bits per heavy atom. The summed E-state index contributed by atoms with van der Waals surface area (Å²) in [4.78, 5) is 0. The molecule has 1 aromatic rings. The van der Waals surface area contributed by atoms with Gasteiger partial charge in [0.15, 0.2) is 0 Å². The minimum atomic E-state index is -0.147. The number of ether oxygens (including phenoxy) is 1. The molecule has 3 heteroatoms. The van der Waals surface area contributed by atoms with Gasteiger partial charge in [-0.25, -0.2) is 4.39 Å². The van der Waals surface area contributed by atoms with Crippen molar-refractivity contribution >= 4 is 5.69 Å². The van der Waals surface area contributed by atoms with Crippen molar-refractivity contribution in [3.05, 3.63) is 29.6 Å². The van der Waals surface area contributed by atoms with Crippen LogP contribution in [-0.2, 0) is 4.74 Å². The summed E-state index contributed by atoms with van der Waals surface area (Å²) in [6.45, 7) is 6.91. The van der Waals surface area contributed by atoms with Crippen molar-refractivity contribution in [2.75, 3.05) is 11.9 Å². The van der Waals surface area contributed by atoms with Crippen molar-refractivity contribution in [2.45, 2.75) is 51.7 Å². The summed E-state index contributed by atoms with van der Waals surface area (Å²) in [6, 6.07) is 5.61. The lowest BCUT2D eigenvalue weighted by atomic mass is 9.90. The molecule has 100 valence electrons. The predicted molar refractivity (Wildman–Crippen MR) is 72.4 cm³/mol. The summed E-state index contributed by atoms with van der Waals surface area (Å²) in [5, 5.41) is 3.49. The molecule has 0 bridgehead atoms. The van der Waals surface area contributed by atoms with Gasteiger partial charge in [0.2, 0.25) is 0 Å². The van der Waals surface area contributed by atoms with Crippen LogP contribution in [0.25, 0.3) is 0 Å². The molecule has 0 aromatic heterocycles. The molecule has 2 nitrogen and oxygen atoms in total. The number of halogens is 1. The molecule has 1 fully saturated rings. The van der Waals surface area contributed by atoms with Crippen LogP contribution in [-0.4, -0.2) is 18.2 Å². The lowest BCUT2D eigenvalue weighted by molar-refractivity contribution is -0.0708. The molecule has 1 saturated heterocycles. The Bertz CT molecular complexity index is 421. The van der Waals surface area contributed by atoms with Crippen molar-refractivity contribution in [3.8, 4) is 0 Å². The summed E-state index contributed by atoms with van der Waals surface area (Å²) in [5.41, 5.74) is 1.66. The minimum absolute atomic E-state index is 0.0228. The maximum Gasteiger partial charge on any atom is 0.126 e. The van der Waals surface area contributed by atoms with Gasteiger partial charge in [-0.3, -0.25) is 0 Å². The molecule has 2 atom stereocenters. The SMILES string of the molecule is CCC1(C)CC(Nc2ccc(F)c(C)c2)CCO1. The molecule has 0 saturated carbocycles. The minimum Gasteiger partial charge on any atom is -0.382 e. The van der Waals surface area contributed by atoms with Gasteiger partial charge < -0.3 is 10.1 Å². The highest BCUT2D eigenvalue weighted by Crippen LogP contribution is 2.29. The van der Waals surface area contributed by atoms with Gasteiger partial charge in [0, 0.05) is 18.3 Å². The van der Waals surface area contributed by atoms with E-state index >= 15 is 0 Å². The molecule has 18 heavy (non-hydrogen) atoms. The van der Waals surface area contributed by atoms with Crippen LogP contribution in [0.15, 0.2) is 18.2 Å². The van der Waals surface area contributed by atoms with Crippen LogP contribution in [0.3, 0.4) is 0 Å². The maximum absolute atomic E-state index is 13.2. The Morgan fingerprint density at radius 1 is 1.50 bits per heavy atom. The Hall–Kier alpha value is -1.09. The average Bonchev–Trinajstić information content (AvgIpc) is 2.34. The van der Waals surface area contributed by atoms with Crippen LogP contribution >= 0.6 is 0 Å². The van der Waals surface area contributed by atoms with Gasteiger partial charge in [-0.15, -0.1) is 0 Å². The van der Waals surface area contributed by atoms with Crippen LogP contribution < -0.4 is 5.32 Å². The molecule has 1 heterocycles. The number of nitrogens with one attached hydrogen (secondary N) is 1. The molecule has 1 N–H and O–H groups in total. The number of aryl methyl sites for hydroxylation is 1. The molecule has 1 aliphatic heterocycles. The van der Waals surface area contributed by atoms with Crippen molar-refractivity contribution in [1.82, 2.24) is 0 Å². The van der Waals surface area contributed by atoms with Crippen LogP contribution in [0.1, 0.15) is 38.7 Å². The Balaban J connectivity index is 2.02. The first kappa shape index (κ1) is 13.3. The molecular formula is C15H22FNO. The predicted octanol–water partition coefficient (Wildman–Crippen LogP) is 3.89. The van der Waals surface area contributed by atoms with Crippen molar-refractivity contribution in [2.24, 2.45) is 0 Å². The van der Waals surface area contributed by atoms with E-state index in [1.807, 2.05) is 6.07 Å². The zero-order valence-electron chi connectivity index (χ0n) is 11.4. The van der Waals surface area contributed by atoms with E-state index < -0.39 is 0 Å². The second-order valence-electron chi connectivity index (χ2n) is 5.45. The van der Waals surface area contributed by atoms with Gasteiger partial charge in [-0.2, -0.15) is 0 Å². The molecule has 0 amide bonds. The van der Waals surface area contributed by atoms with Gasteiger partial charge in [0.25, 0.3) is 0 Å². The molecule has 0 radical (unpaired) electrons. The highest BCUT2D eigenvalue weighted by Gasteiger charge is 2.31. The van der Waals surface area contributed by atoms with Gasteiger partial charge in [0.05, 0.1) is 5.60 Å². The third-order valence-electron chi connectivity index (χ3n) is 3.87. The normalized spacial score (nSPS) is 28.1. The van der Waals surface area contributed by atoms with E-state index in [0.717, 1.165) is 31.6 Å². The Labute approximate surface area is 109 Å². The van der Waals surface area contributed by atoms with Crippen LogP contribution in [0.4, 0.5) is 10.1 Å². The van der Waals surface area contributed by atoms with E-state index in [2.05, 4.69) is 19.2 Å². The summed E-state index contributed by atoms with van der Waals surface area (Å²) in [6.07, 6.45) is 3.03. The smallest absolute Gasteiger partial charge is 0.126 e. The number of rotatable bonds is 3. The molecule has 2 rings (SSSR count). The number of hydrogen-bond acceptors (Lipinski definition) is 2. The van der Waals surface area contributed by atoms with Gasteiger partial charge in [-0.05, 0) is 56.9 Å². The number of hydrogen-bond donors (Lipinski definition) is 1. The lowest BCUT2D eigenvalue weighted by Gasteiger charge is -2.38. The molecule has 0 spiro atoms. The zero-order chi connectivity index (χ0) is 13.2. The number of anilines is 1. The second kappa shape index (κ2) is 5.27. The molecule has 2 unspecified atom stereocenters. The third kappa shape index (κ3) is 3.02. The lowest BCUT2D eigenvalue weighted by Crippen LogP contribution is -2.41. The fraction of sp³-hybridized carbons (Fsp3) is 0.600. The standard InChI is InChI=1S/C15H22FNO/c1-4-15(3)10-13(7-8-18-15)17-12-5-6-14(16)11(2)9-12/h5-6,9,13,17H,4,7-8,10H2,1-3H3. The van der Waals surface area contributed by atoms with Gasteiger partial charge >= 0.3 is 0 Å². The summed E-state index contributed by atoms with van der Waals surface area (Å²) >= 11 is 0. The van der Waals surface area contributed by atoms with Crippen molar-refractivity contribution < 1.29 is 9.13 Å². The first-order valence-electron chi connectivity index (χ1n) is 6.69. The summed E-state index contributed by atoms with van der Waals surface area (Å²) < 4.78 is 19.0. The van der Waals surface area contributed by atoms with E-state index in [1.54, 1.807) is 13.0 Å². The average molecular weight is 251 g/mol. The largest absolute Gasteiger partial charge is 0.382 e. The van der Waals surface area contributed by atoms with Crippen LogP contribution in [0.5, 0.6) is 0 Å². The monoisotopic (exact) mass is 251 g/mol. The van der Waals surface area contributed by atoms with Crippen LogP contribution in [0.2, 0.25) is 0 Å². The Kier molecular flexibility index (Phi) is 3.91. The second-order valence-corrected chi connectivity index (χ2v) is 5.45. The zero-order valence-corrected chi connectivity index (χ0v) is 11.4. The topological polar surface area (TPSA) is 21.3 Å². The van der Waals surface area contributed by atoms with Crippen molar-refractivity contribution in [3.63, 3.8) is 0 Å². The van der Waals surface area contributed by atoms with E-state index in [-0.39, 0.29) is 11.4 Å². The Morgan fingerprint density at radius 2 is 2.28 bits per heavy atom. The van der Waals surface area contributed by atoms with E-state index in [0.29, 0.717) is 11.6 Å². The first-order chi connectivity index (χ1) is 8.52. The fourth-order valence-electron chi connectivity index (χ4n) is 2.47. The molecular weight excluding hydrogens is 229 g/mol. The quantitative estimate of drug-likeness (QED) is 0.880. The number of benzene rings is 1. The van der Waals surface area contributed by atoms with Crippen LogP contribution in [0, 0.1) is 12.7 Å². The molecule has 1 aliphatic rings. The molecule has 0 aliphatic carbocycles. The molecule has 1 aromatic carbocycles. The van der Waals surface area contributed by atoms with E-state index in [4.69, 9.17) is 4.74 Å². The highest BCUT2D eigenvalue weighted by molar-refractivity contribution is 5.46. The fourth-order valence-corrected chi connectivity index (χ4v) is 2.47. The first-order valence-corrected chi connectivity index (χ1v) is 6.69. The van der Waals surface area contributed by atoms with E-state index in [9.17, 15) is 4.39 Å².